The molecule has 112 valence electrons. The normalized spacial score (nSPS) is 11.1. The zero-order chi connectivity index (χ0) is 16.0. The van der Waals surface area contributed by atoms with Crippen LogP contribution >= 0.6 is 0 Å². The number of nitrogen functional groups attached to an aromatic ring is 1. The lowest BCUT2D eigenvalue weighted by Crippen LogP contribution is -2.36. The minimum Gasteiger partial charge on any atom is -0.394 e. The number of hydrogen-bond acceptors (Lipinski definition) is 4. The van der Waals surface area contributed by atoms with Gasteiger partial charge in [0.1, 0.15) is 11.4 Å². The van der Waals surface area contributed by atoms with Crippen LogP contribution in [0.5, 0.6) is 0 Å². The van der Waals surface area contributed by atoms with E-state index in [2.05, 4.69) is 16.4 Å². The highest BCUT2D eigenvalue weighted by Crippen LogP contribution is 2.27. The molecular weight excluding hydrogens is 290 g/mol. The predicted octanol–water partition coefficient (Wildman–Crippen LogP) is 2.76. The van der Waals surface area contributed by atoms with Crippen LogP contribution in [0.15, 0.2) is 64.2 Å². The third-order valence-electron chi connectivity index (χ3n) is 3.92. The Kier molecular flexibility index (Phi) is 2.81. The molecule has 4 aromatic rings. The van der Waals surface area contributed by atoms with Gasteiger partial charge in [-0.05, 0) is 24.3 Å². The minimum absolute atomic E-state index is 0.00832. The lowest BCUT2D eigenvalue weighted by atomic mass is 10.1. The van der Waals surface area contributed by atoms with Crippen LogP contribution in [0.25, 0.3) is 22.2 Å². The number of anilines is 3. The van der Waals surface area contributed by atoms with Gasteiger partial charge in [-0.1, -0.05) is 30.3 Å². The smallest absolute Gasteiger partial charge is 0.253 e. The summed E-state index contributed by atoms with van der Waals surface area (Å²) in [5.74, 6) is 0. The Labute approximate surface area is 131 Å². The molecule has 0 aliphatic rings. The van der Waals surface area contributed by atoms with Crippen LogP contribution in [-0.4, -0.2) is 4.98 Å². The van der Waals surface area contributed by atoms with Crippen molar-refractivity contribution < 1.29 is 0 Å². The van der Waals surface area contributed by atoms with E-state index in [-0.39, 0.29) is 11.4 Å². The number of nitrogens with two attached hydrogens (primary N) is 1. The number of aromatic amines is 1. The average Bonchev–Trinajstić information content (AvgIpc) is 3.03. The van der Waals surface area contributed by atoms with E-state index < -0.39 is 10.9 Å². The summed E-state index contributed by atoms with van der Waals surface area (Å²) in [6.45, 7) is 0. The number of aromatic nitrogens is 1. The Bertz CT molecular complexity index is 1070. The molecule has 0 aliphatic heterocycles. The number of rotatable bonds is 3. The topological polar surface area (TPSA) is 88.0 Å². The molecule has 5 heteroatoms. The zero-order valence-corrected chi connectivity index (χ0v) is 12.1. The first-order chi connectivity index (χ1) is 11.1. The molecule has 23 heavy (non-hydrogen) atoms. The molecule has 4 rings (SSSR count). The molecule has 0 fully saturated rings. The third-order valence-corrected chi connectivity index (χ3v) is 3.92. The van der Waals surface area contributed by atoms with Crippen molar-refractivity contribution in [2.45, 2.75) is 0 Å². The maximum absolute atomic E-state index is 11.5. The van der Waals surface area contributed by atoms with Crippen molar-refractivity contribution in [2.75, 3.05) is 11.1 Å². The Morgan fingerprint density at radius 3 is 2.52 bits per heavy atom. The second-order valence-corrected chi connectivity index (χ2v) is 5.42. The van der Waals surface area contributed by atoms with E-state index in [1.807, 2.05) is 48.5 Å². The van der Waals surface area contributed by atoms with E-state index in [0.29, 0.717) is 5.69 Å². The van der Waals surface area contributed by atoms with Gasteiger partial charge in [0.05, 0.1) is 0 Å². The molecule has 0 radical (unpaired) electrons. The number of H-pyrrole nitrogens is 1. The van der Waals surface area contributed by atoms with Crippen LogP contribution in [-0.2, 0) is 0 Å². The molecule has 0 saturated heterocycles. The number of para-hydroxylation sites is 1. The molecule has 3 aromatic carbocycles. The first kappa shape index (κ1) is 13.3. The summed E-state index contributed by atoms with van der Waals surface area (Å²) >= 11 is 0. The van der Waals surface area contributed by atoms with E-state index in [1.54, 1.807) is 0 Å². The SMILES string of the molecule is Nc1c(Nc2cccc(-c3cc4ccccc4[nH]3)c2)c(=O)c1=O. The maximum Gasteiger partial charge on any atom is 0.253 e. The molecule has 1 aromatic heterocycles. The Hall–Kier alpha value is -3.34. The molecule has 5 nitrogen and oxygen atoms in total. The van der Waals surface area contributed by atoms with E-state index in [9.17, 15) is 9.59 Å². The highest BCUT2D eigenvalue weighted by Gasteiger charge is 2.17. The lowest BCUT2D eigenvalue weighted by molar-refractivity contribution is 1.38. The predicted molar refractivity (Wildman–Crippen MR) is 92.8 cm³/mol. The van der Waals surface area contributed by atoms with Crippen LogP contribution < -0.4 is 21.9 Å². The second kappa shape index (κ2) is 4.84. The van der Waals surface area contributed by atoms with Gasteiger partial charge in [-0.25, -0.2) is 0 Å². The molecule has 0 saturated carbocycles. The van der Waals surface area contributed by atoms with Gasteiger partial charge in [0, 0.05) is 27.8 Å². The first-order valence-electron chi connectivity index (χ1n) is 7.17. The summed E-state index contributed by atoms with van der Waals surface area (Å²) in [6.07, 6.45) is 0. The molecule has 4 N–H and O–H groups in total. The van der Waals surface area contributed by atoms with Gasteiger partial charge >= 0.3 is 0 Å². The fraction of sp³-hybridized carbons (Fsp3) is 0. The van der Waals surface area contributed by atoms with Crippen molar-refractivity contribution in [3.63, 3.8) is 0 Å². The van der Waals surface area contributed by atoms with Crippen LogP contribution in [0.1, 0.15) is 0 Å². The van der Waals surface area contributed by atoms with E-state index in [4.69, 9.17) is 5.73 Å². The zero-order valence-electron chi connectivity index (χ0n) is 12.1. The maximum atomic E-state index is 11.5. The van der Waals surface area contributed by atoms with Crippen molar-refractivity contribution in [1.29, 1.82) is 0 Å². The standard InChI is InChI=1S/C18H13N3O2/c19-15-16(18(23)17(15)22)20-12-6-3-5-10(8-12)14-9-11-4-1-2-7-13(11)21-14/h1-9,20-21H,19H2. The number of fused-ring (bicyclic) bond motifs is 1. The summed E-state index contributed by atoms with van der Waals surface area (Å²) < 4.78 is 0. The fourth-order valence-corrected chi connectivity index (χ4v) is 2.67. The van der Waals surface area contributed by atoms with Gasteiger partial charge in [0.25, 0.3) is 10.9 Å². The fourth-order valence-electron chi connectivity index (χ4n) is 2.67. The van der Waals surface area contributed by atoms with Crippen molar-refractivity contribution in [3.8, 4) is 11.3 Å². The summed E-state index contributed by atoms with van der Waals surface area (Å²) in [4.78, 5) is 26.0. The third kappa shape index (κ3) is 2.10. The number of hydrogen-bond donors (Lipinski definition) is 3. The molecule has 1 heterocycles. The summed E-state index contributed by atoms with van der Waals surface area (Å²) in [5.41, 5.74) is 8.24. The molecule has 0 amide bonds. The lowest BCUT2D eigenvalue weighted by Gasteiger charge is -2.10. The van der Waals surface area contributed by atoms with Crippen molar-refractivity contribution in [1.82, 2.24) is 4.98 Å². The highest BCUT2D eigenvalue weighted by molar-refractivity contribution is 5.86. The Morgan fingerprint density at radius 1 is 0.913 bits per heavy atom. The van der Waals surface area contributed by atoms with Gasteiger partial charge in [-0.15, -0.1) is 0 Å². The molecule has 0 atom stereocenters. The number of nitrogens with one attached hydrogen (secondary N) is 2. The van der Waals surface area contributed by atoms with Gasteiger partial charge < -0.3 is 16.0 Å². The quantitative estimate of drug-likeness (QED) is 0.508. The molecule has 0 aliphatic carbocycles. The number of benzene rings is 2. The summed E-state index contributed by atoms with van der Waals surface area (Å²) in [7, 11) is 0. The molecule has 0 unspecified atom stereocenters. The van der Waals surface area contributed by atoms with Crippen LogP contribution in [0.4, 0.5) is 17.1 Å². The van der Waals surface area contributed by atoms with Crippen molar-refractivity contribution in [3.05, 3.63) is 75.0 Å². The van der Waals surface area contributed by atoms with Gasteiger partial charge in [-0.3, -0.25) is 9.59 Å². The first-order valence-corrected chi connectivity index (χ1v) is 7.17. The molecule has 0 bridgehead atoms. The van der Waals surface area contributed by atoms with Crippen LogP contribution in [0, 0.1) is 0 Å². The van der Waals surface area contributed by atoms with E-state index >= 15 is 0 Å². The summed E-state index contributed by atoms with van der Waals surface area (Å²) in [6, 6.07) is 17.7. The van der Waals surface area contributed by atoms with Crippen LogP contribution in [0.3, 0.4) is 0 Å². The second-order valence-electron chi connectivity index (χ2n) is 5.42. The van der Waals surface area contributed by atoms with Gasteiger partial charge in [0.2, 0.25) is 0 Å². The monoisotopic (exact) mass is 303 g/mol. The largest absolute Gasteiger partial charge is 0.394 e. The summed E-state index contributed by atoms with van der Waals surface area (Å²) in [5, 5.41) is 4.05. The van der Waals surface area contributed by atoms with Crippen molar-refractivity contribution in [2.24, 2.45) is 0 Å². The van der Waals surface area contributed by atoms with Gasteiger partial charge in [0.15, 0.2) is 0 Å². The highest BCUT2D eigenvalue weighted by atomic mass is 16.2. The Balaban J connectivity index is 1.71. The van der Waals surface area contributed by atoms with Gasteiger partial charge in [-0.2, -0.15) is 0 Å². The molecular formula is C18H13N3O2. The van der Waals surface area contributed by atoms with E-state index in [0.717, 1.165) is 22.2 Å². The van der Waals surface area contributed by atoms with E-state index in [1.165, 1.54) is 0 Å². The van der Waals surface area contributed by atoms with Crippen molar-refractivity contribution >= 4 is 28.0 Å². The molecule has 0 spiro atoms. The Morgan fingerprint density at radius 2 is 1.74 bits per heavy atom. The average molecular weight is 303 g/mol. The van der Waals surface area contributed by atoms with Crippen LogP contribution in [0.2, 0.25) is 0 Å². The minimum atomic E-state index is -0.626.